The van der Waals surface area contributed by atoms with Crippen LogP contribution in [0.15, 0.2) is 0 Å². The standard InChI is InChI=1S/C2H6BrN.Sn/c1-4(2)3;/h1-2H3;. The largest absolute Gasteiger partial charge is 0.249 e. The van der Waals surface area contributed by atoms with Crippen molar-refractivity contribution in [2.24, 2.45) is 0 Å². The molecule has 0 atom stereocenters. The van der Waals surface area contributed by atoms with Crippen molar-refractivity contribution in [2.45, 2.75) is 0 Å². The maximum absolute atomic E-state index is 3.10. The third-order valence-corrected chi connectivity index (χ3v) is 0. The molecule has 0 bridgehead atoms. The minimum Gasteiger partial charge on any atom is -0.249 e. The molecule has 0 aromatic rings. The Hall–Kier alpha value is 1.24. The molecule has 0 N–H and O–H groups in total. The van der Waals surface area contributed by atoms with Gasteiger partial charge < -0.3 is 0 Å². The second-order valence-electron chi connectivity index (χ2n) is 0.785. The summed E-state index contributed by atoms with van der Waals surface area (Å²) in [6, 6.07) is 0. The summed E-state index contributed by atoms with van der Waals surface area (Å²) in [4.78, 5) is 0. The predicted molar refractivity (Wildman–Crippen MR) is 28.4 cm³/mol. The van der Waals surface area contributed by atoms with Gasteiger partial charge in [0.25, 0.3) is 0 Å². The molecule has 0 saturated heterocycles. The van der Waals surface area contributed by atoms with E-state index >= 15 is 0 Å². The fourth-order valence-electron chi connectivity index (χ4n) is 0. The Morgan fingerprint density at radius 1 is 1.40 bits per heavy atom. The molecular weight excluding hydrogens is 237 g/mol. The molecule has 1 nitrogen and oxygen atoms in total. The smallest absolute Gasteiger partial charge is 0.0114 e. The van der Waals surface area contributed by atoms with Gasteiger partial charge in [-0.1, -0.05) is 0 Å². The van der Waals surface area contributed by atoms with Crippen molar-refractivity contribution in [1.29, 1.82) is 0 Å². The van der Waals surface area contributed by atoms with Gasteiger partial charge in [-0.05, 0) is 14.1 Å². The maximum atomic E-state index is 3.10. The zero-order valence-electron chi connectivity index (χ0n) is 3.33. The van der Waals surface area contributed by atoms with Gasteiger partial charge in [-0.3, -0.25) is 0 Å². The van der Waals surface area contributed by atoms with E-state index in [4.69, 9.17) is 0 Å². The first-order valence-electron chi connectivity index (χ1n) is 1.06. The second-order valence-corrected chi connectivity index (χ2v) is 2.20. The van der Waals surface area contributed by atoms with E-state index in [1.807, 2.05) is 18.0 Å². The van der Waals surface area contributed by atoms with E-state index in [0.717, 1.165) is 0 Å². The van der Waals surface area contributed by atoms with E-state index in [1.165, 1.54) is 0 Å². The zero-order valence-corrected chi connectivity index (χ0v) is 7.77. The first-order chi connectivity index (χ1) is 1.73. The Kier molecular flexibility index (Phi) is 9.98. The van der Waals surface area contributed by atoms with Crippen LogP contribution < -0.4 is 0 Å². The minimum absolute atomic E-state index is 0. The first-order valence-corrected chi connectivity index (χ1v) is 1.77. The second kappa shape index (κ2) is 5.24. The van der Waals surface area contributed by atoms with Crippen molar-refractivity contribution in [3.63, 3.8) is 0 Å². The predicted octanol–water partition coefficient (Wildman–Crippen LogP) is 0.477. The Balaban J connectivity index is 0. The van der Waals surface area contributed by atoms with Gasteiger partial charge >= 0.3 is 0 Å². The quantitative estimate of drug-likeness (QED) is 0.441. The summed E-state index contributed by atoms with van der Waals surface area (Å²) in [5.74, 6) is 0. The van der Waals surface area contributed by atoms with Crippen LogP contribution >= 0.6 is 16.1 Å². The molecule has 5 heavy (non-hydrogen) atoms. The Morgan fingerprint density at radius 3 is 1.40 bits per heavy atom. The summed E-state index contributed by atoms with van der Waals surface area (Å²) in [5, 5.41) is 0. The molecule has 0 aromatic carbocycles. The van der Waals surface area contributed by atoms with Gasteiger partial charge in [0.1, 0.15) is 0 Å². The molecule has 30 valence electrons. The molecule has 0 amide bonds. The number of hydrogen-bond acceptors (Lipinski definition) is 1. The maximum Gasteiger partial charge on any atom is 0.0114 e. The Morgan fingerprint density at radius 2 is 1.40 bits per heavy atom. The molecule has 0 aliphatic heterocycles. The molecule has 0 rings (SSSR count). The number of hydrogen-bond donors (Lipinski definition) is 0. The van der Waals surface area contributed by atoms with Crippen molar-refractivity contribution in [3.8, 4) is 0 Å². The SMILES string of the molecule is CN(C)Br.[Sn]. The first kappa shape index (κ1) is 9.53. The normalized spacial score (nSPS) is 7.20. The Labute approximate surface area is 58.0 Å². The molecule has 3 heteroatoms. The van der Waals surface area contributed by atoms with Gasteiger partial charge in [0.05, 0.1) is 0 Å². The molecular formula is C2H6BrNSn. The molecule has 0 spiro atoms. The molecule has 0 aliphatic carbocycles. The fourth-order valence-corrected chi connectivity index (χ4v) is 0. The van der Waals surface area contributed by atoms with Gasteiger partial charge in [-0.2, -0.15) is 0 Å². The van der Waals surface area contributed by atoms with Gasteiger partial charge in [-0.25, -0.2) is 3.93 Å². The minimum atomic E-state index is 0. The van der Waals surface area contributed by atoms with Crippen LogP contribution in [0, 0.1) is 0 Å². The Bertz CT molecular complexity index is 14.4. The summed E-state index contributed by atoms with van der Waals surface area (Å²) < 4.78 is 1.81. The number of rotatable bonds is 0. The topological polar surface area (TPSA) is 3.24 Å². The van der Waals surface area contributed by atoms with Gasteiger partial charge in [0, 0.05) is 40.1 Å². The van der Waals surface area contributed by atoms with Crippen LogP contribution in [0.2, 0.25) is 0 Å². The average molecular weight is 243 g/mol. The van der Waals surface area contributed by atoms with Crippen LogP contribution in [0.4, 0.5) is 0 Å². The summed E-state index contributed by atoms with van der Waals surface area (Å²) >= 11 is 3.10. The van der Waals surface area contributed by atoms with Crippen LogP contribution in [0.3, 0.4) is 0 Å². The monoisotopic (exact) mass is 243 g/mol. The van der Waals surface area contributed by atoms with E-state index < -0.39 is 0 Å². The van der Waals surface area contributed by atoms with E-state index in [-0.39, 0.29) is 23.9 Å². The zero-order chi connectivity index (χ0) is 3.58. The van der Waals surface area contributed by atoms with Gasteiger partial charge in [0.2, 0.25) is 0 Å². The van der Waals surface area contributed by atoms with Crippen LogP contribution in [0.1, 0.15) is 0 Å². The van der Waals surface area contributed by atoms with Crippen molar-refractivity contribution in [3.05, 3.63) is 0 Å². The molecule has 0 aliphatic rings. The van der Waals surface area contributed by atoms with Gasteiger partial charge in [0.15, 0.2) is 0 Å². The van der Waals surface area contributed by atoms with Crippen molar-refractivity contribution in [2.75, 3.05) is 14.1 Å². The number of halogens is 1. The van der Waals surface area contributed by atoms with Crippen LogP contribution in [0.25, 0.3) is 0 Å². The average Bonchev–Trinajstić information content (AvgIpc) is 0.811. The summed E-state index contributed by atoms with van der Waals surface area (Å²) in [5.41, 5.74) is 0. The molecule has 0 aromatic heterocycles. The van der Waals surface area contributed by atoms with E-state index in [9.17, 15) is 0 Å². The van der Waals surface area contributed by atoms with Crippen molar-refractivity contribution >= 4 is 40.1 Å². The fraction of sp³-hybridized carbons (Fsp3) is 1.00. The van der Waals surface area contributed by atoms with Crippen molar-refractivity contribution < 1.29 is 0 Å². The van der Waals surface area contributed by atoms with Crippen LogP contribution in [-0.4, -0.2) is 41.9 Å². The summed E-state index contributed by atoms with van der Waals surface area (Å²) in [6.45, 7) is 0. The number of nitrogens with zero attached hydrogens (tertiary/aromatic N) is 1. The molecule has 0 heterocycles. The summed E-state index contributed by atoms with van der Waals surface area (Å²) in [7, 11) is 3.83. The van der Waals surface area contributed by atoms with E-state index in [0.29, 0.717) is 0 Å². The van der Waals surface area contributed by atoms with E-state index in [2.05, 4.69) is 16.1 Å². The van der Waals surface area contributed by atoms with Gasteiger partial charge in [-0.15, -0.1) is 0 Å². The summed E-state index contributed by atoms with van der Waals surface area (Å²) in [6.07, 6.45) is 0. The molecule has 4 radical (unpaired) electrons. The third kappa shape index (κ3) is 35.8. The van der Waals surface area contributed by atoms with Crippen molar-refractivity contribution in [1.82, 2.24) is 3.93 Å². The third-order valence-electron chi connectivity index (χ3n) is 0. The van der Waals surface area contributed by atoms with E-state index in [1.54, 1.807) is 0 Å². The molecule has 0 fully saturated rings. The van der Waals surface area contributed by atoms with Crippen LogP contribution in [-0.2, 0) is 0 Å². The molecule has 0 saturated carbocycles. The molecule has 0 unspecified atom stereocenters. The van der Waals surface area contributed by atoms with Crippen LogP contribution in [0.5, 0.6) is 0 Å².